The average molecular weight is 455 g/mol. The van der Waals surface area contributed by atoms with Crippen LogP contribution in [-0.4, -0.2) is 23.1 Å². The Morgan fingerprint density at radius 2 is 1.38 bits per heavy atom. The van der Waals surface area contributed by atoms with Crippen LogP contribution in [0.15, 0.2) is 78.9 Å². The zero-order valence-electron chi connectivity index (χ0n) is 19.2. The number of nitrogens with zero attached hydrogens (tertiary/aromatic N) is 2. The molecule has 0 atom stereocenters. The lowest BCUT2D eigenvalue weighted by atomic mass is 10.2. The fourth-order valence-corrected chi connectivity index (χ4v) is 3.23. The topological polar surface area (TPSA) is 100 Å². The first-order valence-corrected chi connectivity index (χ1v) is 10.8. The number of urea groups is 1. The van der Waals surface area contributed by atoms with Gasteiger partial charge in [-0.3, -0.25) is 0 Å². The molecule has 0 bridgehead atoms. The van der Waals surface area contributed by atoms with Crippen LogP contribution < -0.4 is 26.0 Å². The summed E-state index contributed by atoms with van der Waals surface area (Å²) >= 11 is 0. The Balaban J connectivity index is 1.37. The number of ether oxygens (including phenoxy) is 1. The SMILES string of the molecule is COc1cccc(NC(=O)Nc2ccc(Nc3nc(C)cc(Nc4ccc(C)cc4)n3)cc2)c1. The Hall–Kier alpha value is -4.59. The third kappa shape index (κ3) is 6.23. The predicted molar refractivity (Wildman–Crippen MR) is 137 cm³/mol. The van der Waals surface area contributed by atoms with Crippen molar-refractivity contribution < 1.29 is 9.53 Å². The van der Waals surface area contributed by atoms with Crippen LogP contribution in [0.2, 0.25) is 0 Å². The van der Waals surface area contributed by atoms with Crippen LogP contribution in [0, 0.1) is 13.8 Å². The summed E-state index contributed by atoms with van der Waals surface area (Å²) in [5.41, 5.74) is 5.07. The Labute approximate surface area is 198 Å². The first-order chi connectivity index (χ1) is 16.5. The normalized spacial score (nSPS) is 10.3. The molecule has 0 radical (unpaired) electrons. The summed E-state index contributed by atoms with van der Waals surface area (Å²) in [6, 6.07) is 24.1. The molecular weight excluding hydrogens is 428 g/mol. The first kappa shape index (κ1) is 22.6. The largest absolute Gasteiger partial charge is 0.497 e. The number of hydrogen-bond donors (Lipinski definition) is 4. The number of carbonyl (C=O) groups is 1. The van der Waals surface area contributed by atoms with E-state index < -0.39 is 0 Å². The maximum atomic E-state index is 12.3. The minimum absolute atomic E-state index is 0.345. The molecule has 34 heavy (non-hydrogen) atoms. The van der Waals surface area contributed by atoms with Gasteiger partial charge in [0, 0.05) is 40.6 Å². The molecule has 0 saturated carbocycles. The third-order valence-electron chi connectivity index (χ3n) is 4.90. The summed E-state index contributed by atoms with van der Waals surface area (Å²) in [6.07, 6.45) is 0. The second kappa shape index (κ2) is 10.4. The number of aromatic nitrogens is 2. The number of carbonyl (C=O) groups excluding carboxylic acids is 1. The highest BCUT2D eigenvalue weighted by molar-refractivity contribution is 5.99. The van der Waals surface area contributed by atoms with Crippen molar-refractivity contribution in [1.29, 1.82) is 0 Å². The van der Waals surface area contributed by atoms with E-state index in [4.69, 9.17) is 4.74 Å². The van der Waals surface area contributed by atoms with E-state index in [-0.39, 0.29) is 6.03 Å². The average Bonchev–Trinajstić information content (AvgIpc) is 2.81. The Bertz CT molecular complexity index is 1270. The van der Waals surface area contributed by atoms with Crippen molar-refractivity contribution in [3.8, 4) is 5.75 Å². The molecule has 3 aromatic carbocycles. The van der Waals surface area contributed by atoms with Crippen LogP contribution in [0.1, 0.15) is 11.3 Å². The van der Waals surface area contributed by atoms with E-state index in [2.05, 4.69) is 38.2 Å². The van der Waals surface area contributed by atoms with E-state index in [9.17, 15) is 4.79 Å². The van der Waals surface area contributed by atoms with Crippen LogP contribution in [0.5, 0.6) is 5.75 Å². The summed E-state index contributed by atoms with van der Waals surface area (Å²) < 4.78 is 5.17. The van der Waals surface area contributed by atoms with Gasteiger partial charge in [0.1, 0.15) is 11.6 Å². The highest BCUT2D eigenvalue weighted by Gasteiger charge is 2.06. The van der Waals surface area contributed by atoms with E-state index in [0.717, 1.165) is 17.1 Å². The van der Waals surface area contributed by atoms with E-state index in [1.165, 1.54) is 5.56 Å². The van der Waals surface area contributed by atoms with Crippen LogP contribution in [0.3, 0.4) is 0 Å². The lowest BCUT2D eigenvalue weighted by Crippen LogP contribution is -2.19. The van der Waals surface area contributed by atoms with Crippen LogP contribution in [0.4, 0.5) is 39.3 Å². The second-order valence-electron chi connectivity index (χ2n) is 7.72. The van der Waals surface area contributed by atoms with Crippen molar-refractivity contribution in [3.05, 3.63) is 90.1 Å². The van der Waals surface area contributed by atoms with E-state index >= 15 is 0 Å². The Morgan fingerprint density at radius 3 is 2.12 bits per heavy atom. The van der Waals surface area contributed by atoms with Crippen molar-refractivity contribution >= 4 is 40.5 Å². The van der Waals surface area contributed by atoms with Gasteiger partial charge in [0.05, 0.1) is 7.11 Å². The molecule has 0 saturated heterocycles. The Morgan fingerprint density at radius 1 is 0.735 bits per heavy atom. The zero-order chi connectivity index (χ0) is 23.9. The van der Waals surface area contributed by atoms with E-state index in [1.54, 1.807) is 31.4 Å². The maximum absolute atomic E-state index is 12.3. The maximum Gasteiger partial charge on any atom is 0.323 e. The number of aryl methyl sites for hydroxylation is 2. The molecular formula is C26H26N6O2. The molecule has 1 heterocycles. The van der Waals surface area contributed by atoms with Gasteiger partial charge in [0.15, 0.2) is 0 Å². The van der Waals surface area contributed by atoms with Gasteiger partial charge in [-0.1, -0.05) is 23.8 Å². The first-order valence-electron chi connectivity index (χ1n) is 10.8. The van der Waals surface area contributed by atoms with Gasteiger partial charge in [-0.05, 0) is 62.4 Å². The minimum Gasteiger partial charge on any atom is -0.497 e. The molecule has 1 aromatic heterocycles. The number of benzene rings is 3. The number of nitrogens with one attached hydrogen (secondary N) is 4. The molecule has 0 aliphatic heterocycles. The molecule has 4 aromatic rings. The fourth-order valence-electron chi connectivity index (χ4n) is 3.23. The lowest BCUT2D eigenvalue weighted by molar-refractivity contribution is 0.262. The number of amides is 2. The number of anilines is 6. The predicted octanol–water partition coefficient (Wildman–Crippen LogP) is 6.23. The summed E-state index contributed by atoms with van der Waals surface area (Å²) in [6.45, 7) is 3.97. The lowest BCUT2D eigenvalue weighted by Gasteiger charge is -2.11. The number of methoxy groups -OCH3 is 1. The highest BCUT2D eigenvalue weighted by Crippen LogP contribution is 2.21. The molecule has 0 spiro atoms. The van der Waals surface area contributed by atoms with Crippen LogP contribution >= 0.6 is 0 Å². The van der Waals surface area contributed by atoms with Crippen molar-refractivity contribution in [1.82, 2.24) is 9.97 Å². The van der Waals surface area contributed by atoms with Gasteiger partial charge in [-0.2, -0.15) is 4.98 Å². The number of rotatable bonds is 7. The zero-order valence-corrected chi connectivity index (χ0v) is 19.2. The van der Waals surface area contributed by atoms with Crippen LogP contribution in [-0.2, 0) is 0 Å². The Kier molecular flexibility index (Phi) is 6.88. The summed E-state index contributed by atoms with van der Waals surface area (Å²) in [5.74, 6) is 1.85. The van der Waals surface area contributed by atoms with Gasteiger partial charge >= 0.3 is 6.03 Å². The second-order valence-corrected chi connectivity index (χ2v) is 7.72. The quantitative estimate of drug-likeness (QED) is 0.264. The fraction of sp³-hybridized carbons (Fsp3) is 0.115. The molecule has 0 fully saturated rings. The smallest absolute Gasteiger partial charge is 0.323 e. The van der Waals surface area contributed by atoms with Crippen LogP contribution in [0.25, 0.3) is 0 Å². The van der Waals surface area contributed by atoms with Gasteiger partial charge < -0.3 is 26.0 Å². The van der Waals surface area contributed by atoms with Gasteiger partial charge in [0.2, 0.25) is 5.95 Å². The third-order valence-corrected chi connectivity index (χ3v) is 4.90. The highest BCUT2D eigenvalue weighted by atomic mass is 16.5. The number of hydrogen-bond acceptors (Lipinski definition) is 6. The van der Waals surface area contributed by atoms with Crippen molar-refractivity contribution in [2.75, 3.05) is 28.4 Å². The van der Waals surface area contributed by atoms with E-state index in [0.29, 0.717) is 28.9 Å². The molecule has 0 aliphatic rings. The van der Waals surface area contributed by atoms with Crippen molar-refractivity contribution in [2.24, 2.45) is 0 Å². The van der Waals surface area contributed by atoms with Gasteiger partial charge in [-0.25, -0.2) is 9.78 Å². The van der Waals surface area contributed by atoms with Crippen molar-refractivity contribution in [2.45, 2.75) is 13.8 Å². The summed E-state index contributed by atoms with van der Waals surface area (Å²) in [7, 11) is 1.58. The molecule has 2 amide bonds. The minimum atomic E-state index is -0.345. The molecule has 4 rings (SSSR count). The van der Waals surface area contributed by atoms with E-state index in [1.807, 2.05) is 61.5 Å². The van der Waals surface area contributed by atoms with Gasteiger partial charge in [0.25, 0.3) is 0 Å². The van der Waals surface area contributed by atoms with Crippen molar-refractivity contribution in [3.63, 3.8) is 0 Å². The summed E-state index contributed by atoms with van der Waals surface area (Å²) in [4.78, 5) is 21.3. The molecule has 172 valence electrons. The molecule has 4 N–H and O–H groups in total. The molecule has 8 heteroatoms. The standard InChI is InChI=1S/C26H26N6O2/c1-17-7-9-19(10-8-17)28-24-15-18(2)27-25(32-24)29-20-11-13-21(14-12-20)30-26(33)31-22-5-4-6-23(16-22)34-3/h4-16H,1-3H3,(H2,30,31,33)(H2,27,28,29,32). The molecule has 8 nitrogen and oxygen atoms in total. The molecule has 0 unspecified atom stereocenters. The van der Waals surface area contributed by atoms with Gasteiger partial charge in [-0.15, -0.1) is 0 Å². The summed E-state index contributed by atoms with van der Waals surface area (Å²) in [5, 5.41) is 12.1. The molecule has 0 aliphatic carbocycles. The monoisotopic (exact) mass is 454 g/mol.